The number of phenols is 1. The van der Waals surface area contributed by atoms with Gasteiger partial charge in [0.2, 0.25) is 5.82 Å². The Morgan fingerprint density at radius 2 is 1.64 bits per heavy atom. The third-order valence-corrected chi connectivity index (χ3v) is 14.1. The Morgan fingerprint density at radius 1 is 1.02 bits per heavy atom. The van der Waals surface area contributed by atoms with Crippen molar-refractivity contribution in [1.82, 2.24) is 10.2 Å². The van der Waals surface area contributed by atoms with Crippen LogP contribution in [0.4, 0.5) is 13.6 Å². The molecule has 332 valence electrons. The van der Waals surface area contributed by atoms with Crippen molar-refractivity contribution in [3.63, 3.8) is 0 Å². The second-order valence-corrected chi connectivity index (χ2v) is 18.1. The number of phenolic OH excluding ortho intramolecular Hbond substituents is 1. The highest BCUT2D eigenvalue weighted by molar-refractivity contribution is 6.05. The van der Waals surface area contributed by atoms with E-state index in [0.717, 1.165) is 63.5 Å². The lowest BCUT2D eigenvalue weighted by molar-refractivity contribution is -0.210. The van der Waals surface area contributed by atoms with Gasteiger partial charge >= 0.3 is 11.7 Å². The van der Waals surface area contributed by atoms with Gasteiger partial charge in [-0.25, -0.2) is 14.0 Å². The predicted octanol–water partition coefficient (Wildman–Crippen LogP) is 5.43. The molecule has 1 aromatic carbocycles. The van der Waals surface area contributed by atoms with Crippen LogP contribution in [0.2, 0.25) is 0 Å². The van der Waals surface area contributed by atoms with Crippen molar-refractivity contribution in [2.24, 2.45) is 29.1 Å². The normalized spacial score (nSPS) is 29.7. The summed E-state index contributed by atoms with van der Waals surface area (Å²) < 4.78 is 38.9. The number of carbonyl (C=O) groups excluding carboxylic acids is 3. The van der Waals surface area contributed by atoms with E-state index >= 15 is 0 Å². The lowest BCUT2D eigenvalue weighted by atomic mass is 9.59. The number of halogens is 2. The van der Waals surface area contributed by atoms with Gasteiger partial charge in [-0.05, 0) is 43.0 Å². The van der Waals surface area contributed by atoms with Crippen molar-refractivity contribution in [2.45, 2.75) is 121 Å². The quantitative estimate of drug-likeness (QED) is 0.0512. The Kier molecular flexibility index (Phi) is 13.3. The molecule has 8 atom stereocenters. The summed E-state index contributed by atoms with van der Waals surface area (Å²) in [6.45, 7) is 7.19. The number of ketones is 1. The first-order chi connectivity index (χ1) is 28.8. The second kappa shape index (κ2) is 17.6. The van der Waals surface area contributed by atoms with Gasteiger partial charge in [0.1, 0.15) is 22.9 Å². The number of hydrogen-bond acceptors (Lipinski definition) is 11. The number of nitrogens with zero attached hydrogens (tertiary/aromatic N) is 1. The predicted molar refractivity (Wildman–Crippen MR) is 220 cm³/mol. The summed E-state index contributed by atoms with van der Waals surface area (Å²) in [4.78, 5) is 53.3. The Labute approximate surface area is 353 Å². The Hall–Kier alpha value is -4.62. The largest absolute Gasteiger partial charge is 0.503 e. The van der Waals surface area contributed by atoms with E-state index in [0.29, 0.717) is 37.1 Å². The first-order valence-corrected chi connectivity index (χ1v) is 21.3. The molecule has 0 spiro atoms. The zero-order valence-corrected chi connectivity index (χ0v) is 35.3. The van der Waals surface area contributed by atoms with Crippen molar-refractivity contribution in [2.75, 3.05) is 26.2 Å². The summed E-state index contributed by atoms with van der Waals surface area (Å²) >= 11 is 0. The number of rotatable bonds is 17. The van der Waals surface area contributed by atoms with Crippen LogP contribution in [0, 0.1) is 53.1 Å². The molecular formula is C46H58F2N2O11. The average molecular weight is 853 g/mol. The highest BCUT2D eigenvalue weighted by Crippen LogP contribution is 2.76. The van der Waals surface area contributed by atoms with Crippen LogP contribution in [0.25, 0.3) is 11.0 Å². The number of carbonyl (C=O) groups is 3. The van der Waals surface area contributed by atoms with Gasteiger partial charge in [0.05, 0.1) is 18.8 Å². The summed E-state index contributed by atoms with van der Waals surface area (Å²) in [6.07, 6.45) is 15.8. The van der Waals surface area contributed by atoms with E-state index < -0.39 is 111 Å². The van der Waals surface area contributed by atoms with Crippen LogP contribution in [0.5, 0.6) is 5.75 Å². The maximum Gasteiger partial charge on any atom is 0.411 e. The lowest BCUT2D eigenvalue weighted by Gasteiger charge is -2.52. The molecule has 2 aromatic rings. The number of nitrogens with one attached hydrogen (secondary N) is 1. The highest BCUT2D eigenvalue weighted by Gasteiger charge is 2.87. The molecule has 1 aromatic heterocycles. The van der Waals surface area contributed by atoms with Crippen LogP contribution in [-0.2, 0) is 9.53 Å². The fourth-order valence-corrected chi connectivity index (χ4v) is 10.7. The Morgan fingerprint density at radius 3 is 2.26 bits per heavy atom. The molecule has 6 rings (SSSR count). The number of Topliss-reactive ketones (excluding diaryl/α,β-unsaturated/α-hetero) is 1. The minimum atomic E-state index is -1.98. The fourth-order valence-electron chi connectivity index (χ4n) is 10.7. The minimum Gasteiger partial charge on any atom is -0.503 e. The van der Waals surface area contributed by atoms with Crippen LogP contribution in [0.15, 0.2) is 44.6 Å². The van der Waals surface area contributed by atoms with Crippen molar-refractivity contribution in [3.05, 3.63) is 63.0 Å². The van der Waals surface area contributed by atoms with E-state index in [9.17, 15) is 53.5 Å². The molecule has 6 N–H and O–H groups in total. The van der Waals surface area contributed by atoms with Crippen LogP contribution < -0.4 is 10.9 Å². The van der Waals surface area contributed by atoms with Crippen LogP contribution in [-0.4, -0.2) is 97.4 Å². The number of terminal acetylenes is 1. The third-order valence-electron chi connectivity index (χ3n) is 14.1. The van der Waals surface area contributed by atoms with E-state index in [1.807, 2.05) is 13.8 Å². The van der Waals surface area contributed by atoms with Gasteiger partial charge in [0, 0.05) is 54.0 Å². The zero-order valence-electron chi connectivity index (χ0n) is 35.3. The summed E-state index contributed by atoms with van der Waals surface area (Å²) in [6, 6.07) is 1.82. The number of aromatic hydroxyl groups is 1. The molecule has 1 heterocycles. The van der Waals surface area contributed by atoms with Crippen LogP contribution in [0.3, 0.4) is 0 Å². The smallest absolute Gasteiger partial charge is 0.411 e. The summed E-state index contributed by atoms with van der Waals surface area (Å²) in [5, 5.41) is 58.5. The Balaban J connectivity index is 0.919. The van der Waals surface area contributed by atoms with Crippen molar-refractivity contribution >= 4 is 28.8 Å². The third kappa shape index (κ3) is 7.89. The van der Waals surface area contributed by atoms with E-state index in [-0.39, 0.29) is 18.4 Å². The highest BCUT2D eigenvalue weighted by atomic mass is 19.1. The molecule has 61 heavy (non-hydrogen) atoms. The first-order valence-electron chi connectivity index (χ1n) is 21.3. The molecule has 13 nitrogen and oxygen atoms in total. The number of benzene rings is 1. The van der Waals surface area contributed by atoms with Crippen molar-refractivity contribution in [1.29, 1.82) is 0 Å². The number of aliphatic hydroxyl groups is 4. The number of aliphatic hydroxyl groups excluding tert-OH is 2. The molecule has 0 saturated heterocycles. The van der Waals surface area contributed by atoms with Gasteiger partial charge in [-0.2, -0.15) is 4.39 Å². The van der Waals surface area contributed by atoms with Gasteiger partial charge in [-0.15, -0.1) is 6.42 Å². The molecule has 0 unspecified atom stereocenters. The van der Waals surface area contributed by atoms with Crippen LogP contribution in [0.1, 0.15) is 109 Å². The average Bonchev–Trinajstić information content (AvgIpc) is 3.65. The zero-order chi connectivity index (χ0) is 44.7. The molecule has 0 bridgehead atoms. The van der Waals surface area contributed by atoms with E-state index in [4.69, 9.17) is 15.6 Å². The number of unbranched alkanes of at least 4 members (excludes halogenated alkanes) is 9. The maximum atomic E-state index is 14.1. The van der Waals surface area contributed by atoms with Crippen LogP contribution >= 0.6 is 0 Å². The molecule has 0 radical (unpaired) electrons. The number of ether oxygens (including phenoxy) is 1. The van der Waals surface area contributed by atoms with Gasteiger partial charge in [-0.1, -0.05) is 90.2 Å². The van der Waals surface area contributed by atoms with E-state index in [1.165, 1.54) is 4.90 Å². The molecule has 2 amide bonds. The first kappa shape index (κ1) is 45.9. The molecule has 4 aliphatic carbocycles. The molecule has 2 fully saturated rings. The van der Waals surface area contributed by atoms with Gasteiger partial charge in [0.25, 0.3) is 5.91 Å². The fraction of sp³-hybridized carbons (Fsp3) is 0.609. The lowest BCUT2D eigenvalue weighted by Crippen LogP contribution is -2.65. The molecule has 0 aliphatic heterocycles. The number of fused-ring (bicyclic) bond motifs is 6. The Bertz CT molecular complexity index is 2210. The molecular weight excluding hydrogens is 795 g/mol. The summed E-state index contributed by atoms with van der Waals surface area (Å²) in [7, 11) is 0. The monoisotopic (exact) mass is 852 g/mol. The minimum absolute atomic E-state index is 0.00601. The van der Waals surface area contributed by atoms with Crippen molar-refractivity contribution in [3.8, 4) is 18.1 Å². The maximum absolute atomic E-state index is 14.1. The second-order valence-electron chi connectivity index (χ2n) is 18.1. The standard InChI is InChI=1S/C46H58F2N2O11/c1-6-18-50(19-16-14-12-10-8-7-9-11-13-15-17-49-40(55)30-22-29-23-32(47)35(52)34(48)36(29)60-41(30)56)42(57)61-46-37(43(46,4)5)31-21-28(25-51)24-44(58)33(20-26(2)38(44)53)45(31,59)27(3)39(46)54/h1,20-23,27,31,33,37,39,51-52,54,58-59H,7-19,24-25H2,2-5H3,(H,49,55)/t27-,31+,33-,37-,39-,44-,45-,46-/m1/s1. The van der Waals surface area contributed by atoms with E-state index in [1.54, 1.807) is 26.0 Å². The van der Waals surface area contributed by atoms with Gasteiger partial charge < -0.3 is 40.0 Å². The van der Waals surface area contributed by atoms with Gasteiger partial charge in [0.15, 0.2) is 22.9 Å². The van der Waals surface area contributed by atoms with Crippen molar-refractivity contribution < 1.29 is 57.9 Å². The molecule has 15 heteroatoms. The number of amides is 2. The molecule has 2 saturated carbocycles. The van der Waals surface area contributed by atoms with Gasteiger partial charge in [-0.3, -0.25) is 14.5 Å². The number of hydrogen-bond donors (Lipinski definition) is 6. The topological polar surface area (TPSA) is 207 Å². The SMILES string of the molecule is C#CCN(CCCCCCCCCCCCNC(=O)c1cc2cc(F)c(O)c(F)c2oc1=O)C(=O)O[C@@]12[C@H](O)[C@@H](C)[C@@]3(O)[C@@H](C=C(CO)C[C@]4(O)C(=O)C(C)=C[C@@H]34)[C@@H]1C2(C)C. The summed E-state index contributed by atoms with van der Waals surface area (Å²) in [5.41, 5.74) is -7.38. The van der Waals surface area contributed by atoms with E-state index in [2.05, 4.69) is 11.2 Å². The molecule has 4 aliphatic rings. The summed E-state index contributed by atoms with van der Waals surface area (Å²) in [5.74, 6) is -5.94.